The van der Waals surface area contributed by atoms with Gasteiger partial charge in [-0.2, -0.15) is 5.26 Å². The van der Waals surface area contributed by atoms with E-state index in [-0.39, 0.29) is 5.54 Å². The van der Waals surface area contributed by atoms with Crippen LogP contribution in [0.15, 0.2) is 47.0 Å². The monoisotopic (exact) mass is 319 g/mol. The number of hydrogen-bond donors (Lipinski definition) is 0. The topological polar surface area (TPSA) is 55.5 Å². The normalized spacial score (nSPS) is 20.9. The Hall–Kier alpha value is -2.45. The molecule has 2 aliphatic heterocycles. The van der Waals surface area contributed by atoms with E-state index in [1.165, 1.54) is 12.8 Å². The Morgan fingerprint density at radius 3 is 2.83 bits per heavy atom. The van der Waals surface area contributed by atoms with Crippen molar-refractivity contribution in [2.24, 2.45) is 10.9 Å². The summed E-state index contributed by atoms with van der Waals surface area (Å²) < 4.78 is 0. The molecule has 3 heterocycles. The Balaban J connectivity index is 1.69. The van der Waals surface area contributed by atoms with Crippen LogP contribution in [0, 0.1) is 17.2 Å². The van der Waals surface area contributed by atoms with Crippen LogP contribution in [0.25, 0.3) is 0 Å². The van der Waals surface area contributed by atoms with Crippen LogP contribution < -0.4 is 0 Å². The van der Waals surface area contributed by atoms with Crippen LogP contribution in [0.5, 0.6) is 0 Å². The minimum Gasteiger partial charge on any atom is -0.261 e. The molecule has 0 N–H and O–H groups in total. The molecular weight excluding hydrogens is 298 g/mol. The fraction of sp³-hybridized carbons (Fsp3) is 0.421. The molecule has 0 atom stereocenters. The maximum atomic E-state index is 9.30. The third kappa shape index (κ3) is 2.26. The van der Waals surface area contributed by atoms with Crippen molar-refractivity contribution in [3.8, 4) is 6.07 Å². The summed E-state index contributed by atoms with van der Waals surface area (Å²) in [6.07, 6.45) is 8.49. The van der Waals surface area contributed by atoms with E-state index in [0.717, 1.165) is 35.3 Å². The fourth-order valence-corrected chi connectivity index (χ4v) is 3.67. The van der Waals surface area contributed by atoms with E-state index in [4.69, 9.17) is 4.99 Å². The quantitative estimate of drug-likeness (QED) is 0.858. The van der Waals surface area contributed by atoms with Crippen molar-refractivity contribution in [3.63, 3.8) is 0 Å². The van der Waals surface area contributed by atoms with E-state index in [0.29, 0.717) is 5.69 Å². The van der Waals surface area contributed by atoms with Crippen molar-refractivity contribution in [2.75, 3.05) is 6.54 Å². The van der Waals surface area contributed by atoms with Gasteiger partial charge in [-0.05, 0) is 63.8 Å². The highest BCUT2D eigenvalue weighted by atomic mass is 15.7. The molecule has 1 aromatic heterocycles. The first-order chi connectivity index (χ1) is 11.5. The van der Waals surface area contributed by atoms with Gasteiger partial charge in [-0.1, -0.05) is 0 Å². The first kappa shape index (κ1) is 15.1. The smallest absolute Gasteiger partial charge is 0.149 e. The number of rotatable bonds is 3. The molecule has 0 aromatic carbocycles. The number of aliphatic imine (C=N–C) groups is 1. The molecule has 122 valence electrons. The van der Waals surface area contributed by atoms with Gasteiger partial charge >= 0.3 is 0 Å². The molecule has 0 unspecified atom stereocenters. The zero-order chi connectivity index (χ0) is 16.9. The van der Waals surface area contributed by atoms with Gasteiger partial charge in [-0.3, -0.25) is 5.01 Å². The molecule has 1 fully saturated rings. The molecule has 0 bridgehead atoms. The van der Waals surface area contributed by atoms with Gasteiger partial charge in [0.1, 0.15) is 17.6 Å². The second-order valence-electron chi connectivity index (χ2n) is 7.18. The van der Waals surface area contributed by atoms with Gasteiger partial charge < -0.3 is 0 Å². The lowest BCUT2D eigenvalue weighted by Crippen LogP contribution is -2.52. The standard InChI is InChI=1S/C19H21N5/c1-13-11-16(15-5-4-9-21-17(15)12-20)22-18-8-10-23(24(13)18)19(2,3)14-6-7-14/h4-5,8-9,11,14H,6-7,10H2,1-3H3. The largest absolute Gasteiger partial charge is 0.261 e. The highest BCUT2D eigenvalue weighted by molar-refractivity contribution is 6.11. The number of hydrogen-bond acceptors (Lipinski definition) is 5. The lowest BCUT2D eigenvalue weighted by Gasteiger charge is -2.44. The summed E-state index contributed by atoms with van der Waals surface area (Å²) in [4.78, 5) is 8.96. The lowest BCUT2D eigenvalue weighted by molar-refractivity contribution is -0.0353. The first-order valence-electron chi connectivity index (χ1n) is 8.42. The predicted molar refractivity (Wildman–Crippen MR) is 92.7 cm³/mol. The van der Waals surface area contributed by atoms with Crippen LogP contribution in [-0.4, -0.2) is 32.8 Å². The van der Waals surface area contributed by atoms with E-state index < -0.39 is 0 Å². The van der Waals surface area contributed by atoms with Crippen LogP contribution in [-0.2, 0) is 0 Å². The fourth-order valence-electron chi connectivity index (χ4n) is 3.67. The van der Waals surface area contributed by atoms with Crippen molar-refractivity contribution >= 4 is 5.71 Å². The lowest BCUT2D eigenvalue weighted by atomic mass is 9.98. The number of pyridine rings is 1. The van der Waals surface area contributed by atoms with Crippen molar-refractivity contribution in [2.45, 2.75) is 39.2 Å². The molecule has 5 heteroatoms. The Kier molecular flexibility index (Phi) is 3.33. The maximum absolute atomic E-state index is 9.30. The van der Waals surface area contributed by atoms with Crippen molar-refractivity contribution in [3.05, 3.63) is 53.3 Å². The highest BCUT2D eigenvalue weighted by Crippen LogP contribution is 2.46. The molecule has 0 spiro atoms. The van der Waals surface area contributed by atoms with Crippen LogP contribution in [0.4, 0.5) is 0 Å². The van der Waals surface area contributed by atoms with E-state index in [9.17, 15) is 5.26 Å². The van der Waals surface area contributed by atoms with Gasteiger partial charge in [0.05, 0.1) is 5.71 Å². The minimum atomic E-state index is 0.131. The summed E-state index contributed by atoms with van der Waals surface area (Å²) in [5.41, 5.74) is 3.28. The predicted octanol–water partition coefficient (Wildman–Crippen LogP) is 3.22. The third-order valence-electron chi connectivity index (χ3n) is 5.25. The molecule has 3 aliphatic rings. The Bertz CT molecular complexity index is 820. The molecule has 1 saturated carbocycles. The summed E-state index contributed by atoms with van der Waals surface area (Å²) in [7, 11) is 0. The number of nitrogens with zero attached hydrogens (tertiary/aromatic N) is 5. The second-order valence-corrected chi connectivity index (χ2v) is 7.18. The molecule has 24 heavy (non-hydrogen) atoms. The van der Waals surface area contributed by atoms with Gasteiger partial charge in [0, 0.05) is 29.5 Å². The number of fused-ring (bicyclic) bond motifs is 1. The van der Waals surface area contributed by atoms with Crippen molar-refractivity contribution in [1.29, 1.82) is 5.26 Å². The van der Waals surface area contributed by atoms with Crippen LogP contribution >= 0.6 is 0 Å². The zero-order valence-corrected chi connectivity index (χ0v) is 14.3. The van der Waals surface area contributed by atoms with Crippen molar-refractivity contribution in [1.82, 2.24) is 15.0 Å². The van der Waals surface area contributed by atoms with E-state index in [1.807, 2.05) is 12.1 Å². The Labute approximate surface area is 142 Å². The van der Waals surface area contributed by atoms with Gasteiger partial charge in [-0.25, -0.2) is 15.0 Å². The molecule has 1 aromatic rings. The number of nitriles is 1. The third-order valence-corrected chi connectivity index (χ3v) is 5.25. The number of hydrazine groups is 1. The molecule has 4 rings (SSSR count). The van der Waals surface area contributed by atoms with Crippen molar-refractivity contribution < 1.29 is 0 Å². The van der Waals surface area contributed by atoms with Gasteiger partial charge in [-0.15, -0.1) is 0 Å². The van der Waals surface area contributed by atoms with Gasteiger partial charge in [0.25, 0.3) is 0 Å². The summed E-state index contributed by atoms with van der Waals surface area (Å²) in [5, 5.41) is 13.9. The molecule has 0 radical (unpaired) electrons. The van der Waals surface area contributed by atoms with Crippen LogP contribution in [0.2, 0.25) is 0 Å². The van der Waals surface area contributed by atoms with Gasteiger partial charge in [0.2, 0.25) is 0 Å². The SMILES string of the molecule is CC1=CC(c2cccnc2C#N)=NC2=CCN(C(C)(C)C3CC3)N12. The number of allylic oxidation sites excluding steroid dienone is 2. The summed E-state index contributed by atoms with van der Waals surface area (Å²) in [6, 6.07) is 5.91. The van der Waals surface area contributed by atoms with E-state index >= 15 is 0 Å². The first-order valence-corrected chi connectivity index (χ1v) is 8.42. The average molecular weight is 319 g/mol. The Morgan fingerprint density at radius 2 is 2.12 bits per heavy atom. The minimum absolute atomic E-state index is 0.131. The Morgan fingerprint density at radius 1 is 1.33 bits per heavy atom. The van der Waals surface area contributed by atoms with E-state index in [1.54, 1.807) is 6.20 Å². The summed E-state index contributed by atoms with van der Waals surface area (Å²) >= 11 is 0. The molecule has 1 aliphatic carbocycles. The number of aromatic nitrogens is 1. The molecule has 0 saturated heterocycles. The maximum Gasteiger partial charge on any atom is 0.149 e. The average Bonchev–Trinajstić information content (AvgIpc) is 3.35. The molecular formula is C19H21N5. The molecule has 5 nitrogen and oxygen atoms in total. The van der Waals surface area contributed by atoms with Crippen LogP contribution in [0.1, 0.15) is 44.9 Å². The summed E-state index contributed by atoms with van der Waals surface area (Å²) in [6.45, 7) is 7.62. The second kappa shape index (κ2) is 5.29. The van der Waals surface area contributed by atoms with Gasteiger partial charge in [0.15, 0.2) is 0 Å². The van der Waals surface area contributed by atoms with Crippen LogP contribution in [0.3, 0.4) is 0 Å². The zero-order valence-electron chi connectivity index (χ0n) is 14.3. The summed E-state index contributed by atoms with van der Waals surface area (Å²) in [5.74, 6) is 1.71. The van der Waals surface area contributed by atoms with E-state index in [2.05, 4.69) is 54.0 Å². The molecule has 0 amide bonds. The highest BCUT2D eigenvalue weighted by Gasteiger charge is 2.46.